The van der Waals surface area contributed by atoms with Crippen LogP contribution in [0.15, 0.2) is 205 Å². The maximum atomic E-state index is 5.78. The van der Waals surface area contributed by atoms with Crippen molar-refractivity contribution < 1.29 is 4.42 Å². The third kappa shape index (κ3) is 8.13. The highest BCUT2D eigenvalue weighted by Gasteiger charge is 2.09. The van der Waals surface area contributed by atoms with E-state index in [0.29, 0.717) is 0 Å². The predicted molar refractivity (Wildman–Crippen MR) is 268 cm³/mol. The third-order valence-corrected chi connectivity index (χ3v) is 12.8. The molecule has 0 saturated carbocycles. The van der Waals surface area contributed by atoms with Crippen molar-refractivity contribution in [1.82, 2.24) is 9.55 Å². The minimum Gasteiger partial charge on any atom is -0.456 e. The van der Waals surface area contributed by atoms with E-state index >= 15 is 0 Å². The van der Waals surface area contributed by atoms with Crippen LogP contribution in [0.2, 0.25) is 0 Å². The van der Waals surface area contributed by atoms with Crippen molar-refractivity contribution in [2.45, 2.75) is 27.7 Å². The van der Waals surface area contributed by atoms with E-state index in [1.54, 1.807) is 0 Å². The number of nitrogens with zero attached hydrogens (tertiary/aromatic N) is 2. The standard InChI is InChI=1S/C18H15N.C14H13N.C13H10O.C13H10S/c1-14-7-5-10-16(13-14)18-12-6-11-17(19-18)15-8-3-2-4-9-15;1-10-6-5-8-12-11-7-3-4-9-13(11)15(2)14(10)12;2*1-9-5-4-7-11-10-6-2-3-8-12(10)14-13(9)11/h2-13H,1H3;3-9H,1-2H3;2*2-8H,1H3. The molecular weight excluding hydrogens is 773 g/mol. The van der Waals surface area contributed by atoms with Crippen LogP contribution in [-0.2, 0) is 7.05 Å². The zero-order valence-corrected chi connectivity index (χ0v) is 36.6. The summed E-state index contributed by atoms with van der Waals surface area (Å²) < 4.78 is 10.9. The molecule has 0 N–H and O–H groups in total. The summed E-state index contributed by atoms with van der Waals surface area (Å²) in [5.41, 5.74) is 14.1. The van der Waals surface area contributed by atoms with Gasteiger partial charge in [0.1, 0.15) is 11.2 Å². The predicted octanol–water partition coefficient (Wildman–Crippen LogP) is 16.6. The van der Waals surface area contributed by atoms with Gasteiger partial charge >= 0.3 is 0 Å². The first-order chi connectivity index (χ1) is 30.3. The Morgan fingerprint density at radius 3 is 1.79 bits per heavy atom. The molecule has 0 fully saturated rings. The van der Waals surface area contributed by atoms with Crippen molar-refractivity contribution >= 4 is 75.3 Å². The molecule has 3 nitrogen and oxygen atoms in total. The Hall–Kier alpha value is -7.27. The summed E-state index contributed by atoms with van der Waals surface area (Å²) in [4.78, 5) is 4.75. The molecule has 0 aliphatic rings. The Labute approximate surface area is 367 Å². The number of hydrogen-bond donors (Lipinski definition) is 0. The highest BCUT2D eigenvalue weighted by molar-refractivity contribution is 7.26. The zero-order chi connectivity index (χ0) is 42.6. The van der Waals surface area contributed by atoms with Gasteiger partial charge in [-0.15, -0.1) is 11.3 Å². The summed E-state index contributed by atoms with van der Waals surface area (Å²) >= 11 is 1.89. The van der Waals surface area contributed by atoms with E-state index < -0.39 is 0 Å². The maximum absolute atomic E-state index is 5.78. The molecule has 0 aliphatic carbocycles. The number of fused-ring (bicyclic) bond motifs is 9. The Kier molecular flexibility index (Phi) is 11.5. The van der Waals surface area contributed by atoms with Crippen LogP contribution >= 0.6 is 11.3 Å². The molecule has 12 rings (SSSR count). The maximum Gasteiger partial charge on any atom is 0.138 e. The Morgan fingerprint density at radius 2 is 1.00 bits per heavy atom. The highest BCUT2D eigenvalue weighted by Crippen LogP contribution is 2.35. The SMILES string of the molecule is Cc1cccc(-c2cccc(-c3ccccc3)n2)c1.Cc1cccc2c1oc1ccccc12.Cc1cccc2c1sc1ccccc12.Cc1cccc2c3ccccc3n(C)c12. The van der Waals surface area contributed by atoms with Gasteiger partial charge < -0.3 is 8.98 Å². The van der Waals surface area contributed by atoms with Gasteiger partial charge in [0, 0.05) is 65.4 Å². The van der Waals surface area contributed by atoms with Gasteiger partial charge in [-0.05, 0) is 80.8 Å². The van der Waals surface area contributed by atoms with Gasteiger partial charge in [-0.1, -0.05) is 169 Å². The fraction of sp³-hybridized carbons (Fsp3) is 0.0862. The average Bonchev–Trinajstić information content (AvgIpc) is 3.99. The second kappa shape index (κ2) is 17.8. The molecule has 0 atom stereocenters. The number of pyridine rings is 1. The normalized spacial score (nSPS) is 11.0. The quantitative estimate of drug-likeness (QED) is 0.174. The first-order valence-corrected chi connectivity index (χ1v) is 21.9. The topological polar surface area (TPSA) is 31.0 Å². The number of aromatic nitrogens is 2. The van der Waals surface area contributed by atoms with Gasteiger partial charge in [-0.25, -0.2) is 4.98 Å². The summed E-state index contributed by atoms with van der Waals surface area (Å²) in [5, 5.41) is 7.89. The van der Waals surface area contributed by atoms with Crippen molar-refractivity contribution in [3.8, 4) is 22.5 Å². The summed E-state index contributed by atoms with van der Waals surface area (Å²) in [5.74, 6) is 0. The molecule has 4 heteroatoms. The highest BCUT2D eigenvalue weighted by atomic mass is 32.1. The molecule has 8 aromatic carbocycles. The fourth-order valence-electron chi connectivity index (χ4n) is 8.38. The van der Waals surface area contributed by atoms with Gasteiger partial charge in [0.15, 0.2) is 0 Å². The third-order valence-electron chi connectivity index (χ3n) is 11.5. The molecule has 0 amide bonds. The number of thiophene rings is 1. The lowest BCUT2D eigenvalue weighted by atomic mass is 10.1. The lowest BCUT2D eigenvalue weighted by molar-refractivity contribution is 0.666. The molecule has 62 heavy (non-hydrogen) atoms. The molecule has 0 unspecified atom stereocenters. The summed E-state index contributed by atoms with van der Waals surface area (Å²) in [6.07, 6.45) is 0. The molecule has 0 radical (unpaired) electrons. The molecule has 302 valence electrons. The number of hydrogen-bond acceptors (Lipinski definition) is 3. The molecule has 0 spiro atoms. The molecule has 0 aliphatic heterocycles. The first kappa shape index (κ1) is 40.2. The van der Waals surface area contributed by atoms with Gasteiger partial charge in [-0.2, -0.15) is 0 Å². The van der Waals surface area contributed by atoms with Crippen LogP contribution in [0.4, 0.5) is 0 Å². The fourth-order valence-corrected chi connectivity index (χ4v) is 9.55. The van der Waals surface area contributed by atoms with E-state index in [4.69, 9.17) is 9.40 Å². The molecular formula is C58H48N2OS. The van der Waals surface area contributed by atoms with Crippen LogP contribution in [0.3, 0.4) is 0 Å². The number of furan rings is 1. The minimum absolute atomic E-state index is 0.969. The van der Waals surface area contributed by atoms with E-state index in [1.807, 2.05) is 47.7 Å². The van der Waals surface area contributed by atoms with Gasteiger partial charge in [0.05, 0.1) is 16.9 Å². The number of rotatable bonds is 2. The van der Waals surface area contributed by atoms with E-state index in [2.05, 4.69) is 203 Å². The van der Waals surface area contributed by atoms with E-state index in [9.17, 15) is 0 Å². The van der Waals surface area contributed by atoms with Gasteiger partial charge in [0.2, 0.25) is 0 Å². The van der Waals surface area contributed by atoms with E-state index in [1.165, 1.54) is 75.0 Å². The van der Waals surface area contributed by atoms with Crippen molar-refractivity contribution in [2.24, 2.45) is 7.05 Å². The summed E-state index contributed by atoms with van der Waals surface area (Å²) in [7, 11) is 2.14. The second-order valence-electron chi connectivity index (χ2n) is 15.8. The van der Waals surface area contributed by atoms with Gasteiger partial charge in [-0.3, -0.25) is 0 Å². The second-order valence-corrected chi connectivity index (χ2v) is 16.8. The zero-order valence-electron chi connectivity index (χ0n) is 35.8. The molecule has 4 heterocycles. The monoisotopic (exact) mass is 820 g/mol. The van der Waals surface area contributed by atoms with Crippen LogP contribution in [-0.4, -0.2) is 9.55 Å². The van der Waals surface area contributed by atoms with E-state index in [0.717, 1.165) is 33.7 Å². The van der Waals surface area contributed by atoms with Crippen LogP contribution < -0.4 is 0 Å². The van der Waals surface area contributed by atoms with Crippen LogP contribution in [0.5, 0.6) is 0 Å². The molecule has 4 aromatic heterocycles. The Balaban J connectivity index is 0.000000106. The summed E-state index contributed by atoms with van der Waals surface area (Å²) in [6.45, 7) is 8.52. The van der Waals surface area contributed by atoms with Crippen LogP contribution in [0.25, 0.3) is 86.4 Å². The van der Waals surface area contributed by atoms with Crippen LogP contribution in [0.1, 0.15) is 22.3 Å². The van der Waals surface area contributed by atoms with E-state index in [-0.39, 0.29) is 0 Å². The number of benzene rings is 8. The lowest BCUT2D eigenvalue weighted by Crippen LogP contribution is -1.88. The Morgan fingerprint density at radius 1 is 0.435 bits per heavy atom. The smallest absolute Gasteiger partial charge is 0.138 e. The molecule has 0 bridgehead atoms. The summed E-state index contributed by atoms with van der Waals surface area (Å²) in [6, 6.07) is 69.5. The largest absolute Gasteiger partial charge is 0.456 e. The Bertz CT molecular complexity index is 3370. The number of aryl methyl sites for hydroxylation is 5. The van der Waals surface area contributed by atoms with Crippen LogP contribution in [0, 0.1) is 27.7 Å². The van der Waals surface area contributed by atoms with Crippen molar-refractivity contribution in [2.75, 3.05) is 0 Å². The van der Waals surface area contributed by atoms with Gasteiger partial charge in [0.25, 0.3) is 0 Å². The number of para-hydroxylation sites is 4. The van der Waals surface area contributed by atoms with Crippen molar-refractivity contribution in [3.05, 3.63) is 222 Å². The van der Waals surface area contributed by atoms with Crippen molar-refractivity contribution in [3.63, 3.8) is 0 Å². The van der Waals surface area contributed by atoms with Crippen molar-refractivity contribution in [1.29, 1.82) is 0 Å². The molecule has 0 saturated heterocycles. The first-order valence-electron chi connectivity index (χ1n) is 21.1. The average molecular weight is 821 g/mol. The molecule has 12 aromatic rings. The minimum atomic E-state index is 0.969. The lowest BCUT2D eigenvalue weighted by Gasteiger charge is -2.05.